The Hall–Kier alpha value is -2.55. The van der Waals surface area contributed by atoms with Crippen LogP contribution in [0, 0.1) is 6.92 Å². The van der Waals surface area contributed by atoms with Crippen molar-refractivity contribution in [3.8, 4) is 5.75 Å². The number of hydrogen-bond donors (Lipinski definition) is 1. The molecule has 1 fully saturated rings. The minimum absolute atomic E-state index is 0.182. The third-order valence-corrected chi connectivity index (χ3v) is 7.00. The van der Waals surface area contributed by atoms with Gasteiger partial charge in [0.05, 0.1) is 15.5 Å². The number of nitrogens with zero attached hydrogens (tertiary/aromatic N) is 1. The summed E-state index contributed by atoms with van der Waals surface area (Å²) in [4.78, 5) is 26.1. The van der Waals surface area contributed by atoms with Gasteiger partial charge >= 0.3 is 0 Å². The monoisotopic (exact) mass is 562 g/mol. The lowest BCUT2D eigenvalue weighted by Crippen LogP contribution is -2.44. The molecule has 3 aromatic carbocycles. The number of rotatable bonds is 6. The van der Waals surface area contributed by atoms with Gasteiger partial charge in [-0.2, -0.15) is 5.01 Å². The Morgan fingerprint density at radius 2 is 1.86 bits per heavy atom. The molecule has 1 saturated heterocycles. The third kappa shape index (κ3) is 6.18. The Bertz CT molecular complexity index is 1380. The molecule has 3 aromatic rings. The maximum Gasteiger partial charge on any atom is 0.285 e. The number of nitrogens with one attached hydrogen (secondary N) is 1. The highest BCUT2D eigenvalue weighted by Gasteiger charge is 2.34. The van der Waals surface area contributed by atoms with Crippen molar-refractivity contribution in [2.24, 2.45) is 0 Å². The summed E-state index contributed by atoms with van der Waals surface area (Å²) >= 11 is 24.8. The smallest absolute Gasteiger partial charge is 0.285 e. The van der Waals surface area contributed by atoms with E-state index in [0.717, 1.165) is 27.9 Å². The molecule has 4 rings (SSSR count). The van der Waals surface area contributed by atoms with E-state index in [1.165, 1.54) is 0 Å². The van der Waals surface area contributed by atoms with Crippen molar-refractivity contribution < 1.29 is 14.3 Å². The Morgan fingerprint density at radius 1 is 1.09 bits per heavy atom. The van der Waals surface area contributed by atoms with E-state index >= 15 is 0 Å². The molecular weight excluding hydrogens is 547 g/mol. The Labute approximate surface area is 227 Å². The summed E-state index contributed by atoms with van der Waals surface area (Å²) in [7, 11) is 0. The van der Waals surface area contributed by atoms with Crippen molar-refractivity contribution in [3.05, 3.63) is 103 Å². The summed E-state index contributed by atoms with van der Waals surface area (Å²) in [6, 6.07) is 17.5. The van der Waals surface area contributed by atoms with Crippen LogP contribution in [-0.4, -0.2) is 21.1 Å². The van der Waals surface area contributed by atoms with Crippen LogP contribution in [0.5, 0.6) is 5.75 Å². The van der Waals surface area contributed by atoms with E-state index < -0.39 is 11.8 Å². The molecule has 0 saturated carbocycles. The largest absolute Gasteiger partial charge is 0.488 e. The number of carbonyl (C=O) groups excluding carboxylic acids is 2. The van der Waals surface area contributed by atoms with Crippen molar-refractivity contribution in [2.75, 3.05) is 0 Å². The molecule has 1 heterocycles. The van der Waals surface area contributed by atoms with Crippen molar-refractivity contribution in [1.82, 2.24) is 10.4 Å². The molecule has 0 aliphatic carbocycles. The minimum atomic E-state index is -0.541. The van der Waals surface area contributed by atoms with E-state index in [1.807, 2.05) is 25.1 Å². The second-order valence-corrected chi connectivity index (χ2v) is 10.5. The van der Waals surface area contributed by atoms with Crippen LogP contribution in [0.15, 0.2) is 65.6 Å². The van der Waals surface area contributed by atoms with Crippen molar-refractivity contribution in [3.63, 3.8) is 0 Å². The molecule has 0 unspecified atom stereocenters. The Kier molecular flexibility index (Phi) is 8.04. The molecule has 0 radical (unpaired) electrons. The standard InChI is InChI=1S/C25H17Cl3N2O3S2/c1-14-5-7-19(20(28)9-14)23(31)29-30-24(32)22(35-25(30)34)12-16-11-18(27)6-8-21(16)33-13-15-3-2-4-17(26)10-15/h2-12H,13H2,1H3,(H,29,31)/b22-12+. The van der Waals surface area contributed by atoms with Gasteiger partial charge in [-0.1, -0.05) is 64.8 Å². The maximum absolute atomic E-state index is 13.1. The maximum atomic E-state index is 13.1. The van der Waals surface area contributed by atoms with Crippen LogP contribution in [-0.2, 0) is 11.4 Å². The SMILES string of the molecule is Cc1ccc(C(=O)NN2C(=O)/C(=C\c3cc(Cl)ccc3OCc3cccc(Cl)c3)SC2=S)c(Cl)c1. The molecule has 1 aliphatic heterocycles. The van der Waals surface area contributed by atoms with Crippen molar-refractivity contribution >= 4 is 81.0 Å². The van der Waals surface area contributed by atoms with Crippen LogP contribution >= 0.6 is 58.8 Å². The van der Waals surface area contributed by atoms with E-state index in [9.17, 15) is 9.59 Å². The zero-order valence-corrected chi connectivity index (χ0v) is 22.1. The molecule has 10 heteroatoms. The second kappa shape index (κ2) is 11.0. The minimum Gasteiger partial charge on any atom is -0.488 e. The molecule has 35 heavy (non-hydrogen) atoms. The third-order valence-electron chi connectivity index (χ3n) is 4.92. The summed E-state index contributed by atoms with van der Waals surface area (Å²) in [6.45, 7) is 2.14. The van der Waals surface area contributed by atoms with Gasteiger partial charge < -0.3 is 4.74 Å². The first-order valence-corrected chi connectivity index (χ1v) is 12.6. The average molecular weight is 564 g/mol. The van der Waals surface area contributed by atoms with Crippen LogP contribution in [0.1, 0.15) is 27.0 Å². The number of carbonyl (C=O) groups is 2. The molecule has 1 aliphatic rings. The van der Waals surface area contributed by atoms with Crippen LogP contribution in [0.2, 0.25) is 15.1 Å². The normalized spacial score (nSPS) is 14.5. The summed E-state index contributed by atoms with van der Waals surface area (Å²) in [5.74, 6) is -0.492. The van der Waals surface area contributed by atoms with Gasteiger partial charge in [0, 0.05) is 15.6 Å². The zero-order chi connectivity index (χ0) is 25.1. The molecule has 178 valence electrons. The number of halogens is 3. The summed E-state index contributed by atoms with van der Waals surface area (Å²) < 4.78 is 6.15. The number of benzene rings is 3. The van der Waals surface area contributed by atoms with Gasteiger partial charge in [-0.25, -0.2) is 0 Å². The quantitative estimate of drug-likeness (QED) is 0.256. The number of hydrazine groups is 1. The lowest BCUT2D eigenvalue weighted by atomic mass is 10.1. The van der Waals surface area contributed by atoms with Crippen LogP contribution in [0.3, 0.4) is 0 Å². The lowest BCUT2D eigenvalue weighted by Gasteiger charge is -2.16. The van der Waals surface area contributed by atoms with E-state index in [0.29, 0.717) is 26.3 Å². The predicted molar refractivity (Wildman–Crippen MR) is 146 cm³/mol. The first-order valence-electron chi connectivity index (χ1n) is 10.2. The van der Waals surface area contributed by atoms with E-state index in [1.54, 1.807) is 48.5 Å². The fraction of sp³-hybridized carbons (Fsp3) is 0.0800. The van der Waals surface area contributed by atoms with Gasteiger partial charge in [-0.05, 0) is 78.8 Å². The Morgan fingerprint density at radius 3 is 2.60 bits per heavy atom. The topological polar surface area (TPSA) is 58.6 Å². The first kappa shape index (κ1) is 25.5. The number of thiocarbonyl (C=S) groups is 1. The Balaban J connectivity index is 1.54. The molecule has 2 amide bonds. The van der Waals surface area contributed by atoms with E-state index in [-0.39, 0.29) is 21.5 Å². The number of thioether (sulfide) groups is 1. The number of ether oxygens (including phenoxy) is 1. The van der Waals surface area contributed by atoms with E-state index in [4.69, 9.17) is 51.8 Å². The molecule has 0 aromatic heterocycles. The van der Waals surface area contributed by atoms with Crippen LogP contribution in [0.4, 0.5) is 0 Å². The van der Waals surface area contributed by atoms with E-state index in [2.05, 4.69) is 5.43 Å². The molecule has 0 spiro atoms. The fourth-order valence-corrected chi connectivity index (χ4v) is 5.11. The van der Waals surface area contributed by atoms with Gasteiger partial charge in [0.15, 0.2) is 4.32 Å². The van der Waals surface area contributed by atoms with Crippen LogP contribution < -0.4 is 10.2 Å². The van der Waals surface area contributed by atoms with Gasteiger partial charge in [-0.3, -0.25) is 15.0 Å². The number of amides is 2. The fourth-order valence-electron chi connectivity index (χ4n) is 3.22. The summed E-state index contributed by atoms with van der Waals surface area (Å²) in [5, 5.41) is 2.40. The summed E-state index contributed by atoms with van der Waals surface area (Å²) in [5.41, 5.74) is 5.17. The molecule has 5 nitrogen and oxygen atoms in total. The van der Waals surface area contributed by atoms with Crippen molar-refractivity contribution in [2.45, 2.75) is 13.5 Å². The van der Waals surface area contributed by atoms with Crippen molar-refractivity contribution in [1.29, 1.82) is 0 Å². The van der Waals surface area contributed by atoms with Crippen LogP contribution in [0.25, 0.3) is 6.08 Å². The average Bonchev–Trinajstić information content (AvgIpc) is 3.06. The second-order valence-electron chi connectivity index (χ2n) is 7.54. The van der Waals surface area contributed by atoms with Gasteiger partial charge in [0.2, 0.25) is 0 Å². The molecule has 0 atom stereocenters. The highest BCUT2D eigenvalue weighted by atomic mass is 35.5. The molecular formula is C25H17Cl3N2O3S2. The van der Waals surface area contributed by atoms with Gasteiger partial charge in [0.25, 0.3) is 11.8 Å². The molecule has 0 bridgehead atoms. The number of hydrogen-bond acceptors (Lipinski definition) is 5. The highest BCUT2D eigenvalue weighted by Crippen LogP contribution is 2.35. The zero-order valence-electron chi connectivity index (χ0n) is 18.2. The lowest BCUT2D eigenvalue weighted by molar-refractivity contribution is -0.123. The number of aryl methyl sites for hydroxylation is 1. The first-order chi connectivity index (χ1) is 16.7. The summed E-state index contributed by atoms with van der Waals surface area (Å²) in [6.07, 6.45) is 1.63. The molecule has 1 N–H and O–H groups in total. The predicted octanol–water partition coefficient (Wildman–Crippen LogP) is 7.08. The van der Waals surface area contributed by atoms with Gasteiger partial charge in [-0.15, -0.1) is 0 Å². The van der Waals surface area contributed by atoms with Gasteiger partial charge in [0.1, 0.15) is 12.4 Å². The highest BCUT2D eigenvalue weighted by molar-refractivity contribution is 8.26.